The van der Waals surface area contributed by atoms with Crippen molar-refractivity contribution < 1.29 is 4.79 Å². The lowest BCUT2D eigenvalue weighted by atomic mass is 10.0. The van der Waals surface area contributed by atoms with Gasteiger partial charge in [-0.1, -0.05) is 29.8 Å². The van der Waals surface area contributed by atoms with Crippen LogP contribution in [0.2, 0.25) is 0 Å². The van der Waals surface area contributed by atoms with E-state index in [0.29, 0.717) is 6.54 Å². The summed E-state index contributed by atoms with van der Waals surface area (Å²) in [6.45, 7) is 7.70. The zero-order valence-corrected chi connectivity index (χ0v) is 12.2. The van der Waals surface area contributed by atoms with Gasteiger partial charge in [0.25, 0.3) is 0 Å². The van der Waals surface area contributed by atoms with Crippen LogP contribution in [0.5, 0.6) is 0 Å². The van der Waals surface area contributed by atoms with Crippen LogP contribution in [-0.2, 0) is 0 Å². The number of nitrogens with one attached hydrogen (secondary N) is 2. The van der Waals surface area contributed by atoms with E-state index in [1.807, 2.05) is 11.9 Å². The fourth-order valence-electron chi connectivity index (χ4n) is 2.27. The predicted molar refractivity (Wildman–Crippen MR) is 77.2 cm³/mol. The Kier molecular flexibility index (Phi) is 3.80. The molecule has 0 radical (unpaired) electrons. The van der Waals surface area contributed by atoms with Gasteiger partial charge < -0.3 is 15.5 Å². The second kappa shape index (κ2) is 5.21. The minimum Gasteiger partial charge on any atom is -0.329 e. The molecular weight excluding hydrogens is 238 g/mol. The Labute approximate surface area is 115 Å². The zero-order valence-electron chi connectivity index (χ0n) is 12.2. The van der Waals surface area contributed by atoms with Gasteiger partial charge in [-0.05, 0) is 33.4 Å². The lowest BCUT2D eigenvalue weighted by Gasteiger charge is -2.29. The monoisotopic (exact) mass is 261 g/mol. The molecule has 1 saturated heterocycles. The summed E-state index contributed by atoms with van der Waals surface area (Å²) in [7, 11) is 1.92. The molecule has 2 N–H and O–H groups in total. The molecule has 2 amide bonds. The summed E-state index contributed by atoms with van der Waals surface area (Å²) >= 11 is 0. The van der Waals surface area contributed by atoms with Crippen LogP contribution in [0, 0.1) is 6.92 Å². The van der Waals surface area contributed by atoms with Crippen LogP contribution in [0.15, 0.2) is 24.3 Å². The van der Waals surface area contributed by atoms with Crippen molar-refractivity contribution in [2.75, 3.05) is 20.1 Å². The lowest BCUT2D eigenvalue weighted by molar-refractivity contribution is 0.201. The molecule has 1 aromatic rings. The number of carbonyl (C=O) groups is 1. The number of benzene rings is 1. The number of hydrogen-bond acceptors (Lipinski definition) is 2. The highest BCUT2D eigenvalue weighted by Gasteiger charge is 2.32. The predicted octanol–water partition coefficient (Wildman–Crippen LogP) is 2.06. The molecular formula is C15H23N3O. The maximum atomic E-state index is 12.0. The van der Waals surface area contributed by atoms with Gasteiger partial charge in [-0.2, -0.15) is 0 Å². The maximum absolute atomic E-state index is 12.0. The SMILES string of the molecule is CNC(C)(C)CN1CC(c2ccc(C)cc2)NC1=O. The fourth-order valence-corrected chi connectivity index (χ4v) is 2.27. The number of aryl methyl sites for hydroxylation is 1. The Hall–Kier alpha value is -1.55. The molecule has 0 saturated carbocycles. The van der Waals surface area contributed by atoms with Gasteiger partial charge in [0, 0.05) is 18.6 Å². The molecule has 0 bridgehead atoms. The molecule has 19 heavy (non-hydrogen) atoms. The molecule has 1 fully saturated rings. The van der Waals surface area contributed by atoms with Gasteiger partial charge >= 0.3 is 6.03 Å². The molecule has 2 rings (SSSR count). The van der Waals surface area contributed by atoms with Crippen LogP contribution in [-0.4, -0.2) is 36.6 Å². The van der Waals surface area contributed by atoms with Gasteiger partial charge in [-0.3, -0.25) is 0 Å². The molecule has 4 nitrogen and oxygen atoms in total. The van der Waals surface area contributed by atoms with Crippen LogP contribution in [0.25, 0.3) is 0 Å². The Balaban J connectivity index is 2.05. The van der Waals surface area contributed by atoms with Crippen molar-refractivity contribution >= 4 is 6.03 Å². The first-order chi connectivity index (χ1) is 8.91. The van der Waals surface area contributed by atoms with Crippen molar-refractivity contribution in [2.45, 2.75) is 32.4 Å². The number of amides is 2. The summed E-state index contributed by atoms with van der Waals surface area (Å²) in [5.41, 5.74) is 2.34. The third-order valence-corrected chi connectivity index (χ3v) is 3.73. The summed E-state index contributed by atoms with van der Waals surface area (Å²) in [6, 6.07) is 8.47. The highest BCUT2D eigenvalue weighted by molar-refractivity contribution is 5.77. The molecule has 0 spiro atoms. The normalized spacial score (nSPS) is 19.7. The van der Waals surface area contributed by atoms with E-state index in [0.717, 1.165) is 6.54 Å². The van der Waals surface area contributed by atoms with E-state index in [9.17, 15) is 4.79 Å². The van der Waals surface area contributed by atoms with Crippen LogP contribution >= 0.6 is 0 Å². The summed E-state index contributed by atoms with van der Waals surface area (Å²) in [5.74, 6) is 0. The molecule has 1 aliphatic rings. The molecule has 104 valence electrons. The molecule has 0 aromatic heterocycles. The van der Waals surface area contributed by atoms with E-state index in [2.05, 4.69) is 55.7 Å². The third-order valence-electron chi connectivity index (χ3n) is 3.73. The minimum absolute atomic E-state index is 0.0221. The van der Waals surface area contributed by atoms with E-state index in [1.165, 1.54) is 11.1 Å². The second-order valence-electron chi connectivity index (χ2n) is 5.93. The van der Waals surface area contributed by atoms with Gasteiger partial charge in [0.2, 0.25) is 0 Å². The topological polar surface area (TPSA) is 44.4 Å². The first-order valence-electron chi connectivity index (χ1n) is 6.72. The van der Waals surface area contributed by atoms with Crippen molar-refractivity contribution in [3.8, 4) is 0 Å². The van der Waals surface area contributed by atoms with Crippen molar-refractivity contribution in [2.24, 2.45) is 0 Å². The zero-order chi connectivity index (χ0) is 14.0. The van der Waals surface area contributed by atoms with Gasteiger partial charge in [0.15, 0.2) is 0 Å². The Bertz CT molecular complexity index is 453. The number of likely N-dealkylation sites (N-methyl/N-ethyl adjacent to an activating group) is 1. The fraction of sp³-hybridized carbons (Fsp3) is 0.533. The molecule has 4 heteroatoms. The van der Waals surface area contributed by atoms with Crippen molar-refractivity contribution in [1.82, 2.24) is 15.5 Å². The number of rotatable bonds is 4. The van der Waals surface area contributed by atoms with Gasteiger partial charge in [0.1, 0.15) is 0 Å². The molecule has 0 aliphatic carbocycles. The molecule has 1 aromatic carbocycles. The summed E-state index contributed by atoms with van der Waals surface area (Å²) in [5, 5.41) is 6.27. The first-order valence-corrected chi connectivity index (χ1v) is 6.72. The summed E-state index contributed by atoms with van der Waals surface area (Å²) in [4.78, 5) is 13.9. The average molecular weight is 261 g/mol. The highest BCUT2D eigenvalue weighted by atomic mass is 16.2. The van der Waals surface area contributed by atoms with Gasteiger partial charge in [0.05, 0.1) is 6.04 Å². The Morgan fingerprint density at radius 3 is 2.58 bits per heavy atom. The van der Waals surface area contributed by atoms with E-state index < -0.39 is 0 Å². The van der Waals surface area contributed by atoms with Gasteiger partial charge in [-0.15, -0.1) is 0 Å². The smallest absolute Gasteiger partial charge is 0.318 e. The standard InChI is InChI=1S/C15H23N3O/c1-11-5-7-12(8-6-11)13-9-18(14(19)17-13)10-15(2,3)16-4/h5-8,13,16H,9-10H2,1-4H3,(H,17,19). The van der Waals surface area contributed by atoms with E-state index in [4.69, 9.17) is 0 Å². The molecule has 1 atom stereocenters. The van der Waals surface area contributed by atoms with Crippen LogP contribution < -0.4 is 10.6 Å². The second-order valence-corrected chi connectivity index (χ2v) is 5.93. The maximum Gasteiger partial charge on any atom is 0.318 e. The van der Waals surface area contributed by atoms with Crippen molar-refractivity contribution in [3.63, 3.8) is 0 Å². The van der Waals surface area contributed by atoms with Crippen molar-refractivity contribution in [1.29, 1.82) is 0 Å². The quantitative estimate of drug-likeness (QED) is 0.871. The summed E-state index contributed by atoms with van der Waals surface area (Å²) in [6.07, 6.45) is 0. The van der Waals surface area contributed by atoms with E-state index in [1.54, 1.807) is 0 Å². The van der Waals surface area contributed by atoms with Crippen LogP contribution in [0.4, 0.5) is 4.79 Å². The number of nitrogens with zero attached hydrogens (tertiary/aromatic N) is 1. The minimum atomic E-state index is -0.0699. The molecule has 1 aliphatic heterocycles. The number of hydrogen-bond donors (Lipinski definition) is 2. The number of carbonyl (C=O) groups excluding carboxylic acids is 1. The van der Waals surface area contributed by atoms with Crippen LogP contribution in [0.3, 0.4) is 0 Å². The Morgan fingerprint density at radius 2 is 2.00 bits per heavy atom. The lowest BCUT2D eigenvalue weighted by Crippen LogP contribution is -2.48. The van der Waals surface area contributed by atoms with Gasteiger partial charge in [-0.25, -0.2) is 4.79 Å². The largest absolute Gasteiger partial charge is 0.329 e. The van der Waals surface area contributed by atoms with E-state index in [-0.39, 0.29) is 17.6 Å². The van der Waals surface area contributed by atoms with Crippen LogP contribution in [0.1, 0.15) is 31.0 Å². The van der Waals surface area contributed by atoms with Crippen molar-refractivity contribution in [3.05, 3.63) is 35.4 Å². The summed E-state index contributed by atoms with van der Waals surface area (Å²) < 4.78 is 0. The first kappa shape index (κ1) is 13.9. The highest BCUT2D eigenvalue weighted by Crippen LogP contribution is 2.22. The Morgan fingerprint density at radius 1 is 1.37 bits per heavy atom. The molecule has 1 unspecified atom stereocenters. The average Bonchev–Trinajstić information content (AvgIpc) is 2.71. The third kappa shape index (κ3) is 3.26. The molecule has 1 heterocycles. The number of urea groups is 1. The van der Waals surface area contributed by atoms with E-state index >= 15 is 0 Å².